The van der Waals surface area contributed by atoms with Gasteiger partial charge in [0.1, 0.15) is 0 Å². The van der Waals surface area contributed by atoms with Crippen molar-refractivity contribution in [2.45, 2.75) is 52.9 Å². The fraction of sp³-hybridized carbons (Fsp3) is 1.00. The van der Waals surface area contributed by atoms with Crippen molar-refractivity contribution in [3.63, 3.8) is 0 Å². The minimum Gasteiger partial charge on any atom is -0.397 e. The highest BCUT2D eigenvalue weighted by Gasteiger charge is 1.80. The van der Waals surface area contributed by atoms with Crippen LogP contribution in [0.4, 0.5) is 0 Å². The fourth-order valence-corrected chi connectivity index (χ4v) is 0.677. The van der Waals surface area contributed by atoms with Gasteiger partial charge in [-0.15, -0.1) is 0 Å². The van der Waals surface area contributed by atoms with Crippen LogP contribution in [0.3, 0.4) is 0 Å². The van der Waals surface area contributed by atoms with Crippen molar-refractivity contribution in [1.29, 1.82) is 0 Å². The zero-order valence-corrected chi connectivity index (χ0v) is 7.69. The van der Waals surface area contributed by atoms with Crippen LogP contribution < -0.4 is 0 Å². The maximum absolute atomic E-state index is 7.57. The average molecular weight is 148 g/mol. The predicted molar refractivity (Wildman–Crippen MR) is 49.3 cm³/mol. The molecule has 0 aliphatic rings. The second-order valence-electron chi connectivity index (χ2n) is 2.38. The van der Waals surface area contributed by atoms with E-state index < -0.39 is 0 Å². The normalized spacial score (nSPS) is 8.40. The van der Waals surface area contributed by atoms with Gasteiger partial charge >= 0.3 is 0 Å². The highest BCUT2D eigenvalue weighted by Crippen LogP contribution is 2.00. The van der Waals surface area contributed by atoms with Gasteiger partial charge in [0.05, 0.1) is 0 Å². The van der Waals surface area contributed by atoms with Crippen LogP contribution in [-0.2, 0) is 0 Å². The average Bonchev–Trinajstić information content (AvgIpc) is 1.91. The molecule has 0 saturated heterocycles. The molecule has 0 bridgehead atoms. The third kappa shape index (κ3) is 24.6. The molecule has 0 saturated carbocycles. The molecule has 1 heteroatoms. The molecule has 1 N–H and O–H groups in total. The molecule has 0 aromatic carbocycles. The topological polar surface area (TPSA) is 20.2 Å². The number of unbranched alkanes of at least 4 members (excludes halogenated alkanes) is 4. The highest BCUT2D eigenvalue weighted by molar-refractivity contribution is 4.35. The second kappa shape index (κ2) is 16.0. The maximum Gasteiger partial charge on any atom is 0.0402 e. The monoisotopic (exact) mass is 148 g/mol. The summed E-state index contributed by atoms with van der Waals surface area (Å²) in [6.45, 7) is 6.42. The Kier molecular flexibility index (Phi) is 20.2. The lowest BCUT2D eigenvalue weighted by atomic mass is 10.2. The standard InChI is InChI=1S/C7H16.C2H6O.H2/c1-3-5-7-6-4-2;1-2-3;/h3-7H2,1-2H3;3H,2H2,1H3;1H. The molecule has 0 aromatic rings. The van der Waals surface area contributed by atoms with E-state index in [1.165, 1.54) is 32.1 Å². The van der Waals surface area contributed by atoms with E-state index in [0.717, 1.165) is 0 Å². The SMILES string of the molecule is CCCCCCC.CCO.[HH]. The maximum atomic E-state index is 7.57. The zero-order chi connectivity index (χ0) is 8.24. The van der Waals surface area contributed by atoms with Crippen molar-refractivity contribution in [2.24, 2.45) is 0 Å². The summed E-state index contributed by atoms with van der Waals surface area (Å²) in [5.41, 5.74) is 0. The van der Waals surface area contributed by atoms with Crippen LogP contribution >= 0.6 is 0 Å². The van der Waals surface area contributed by atoms with Gasteiger partial charge in [0.25, 0.3) is 0 Å². The Morgan fingerprint density at radius 2 is 1.20 bits per heavy atom. The first-order valence-corrected chi connectivity index (χ1v) is 4.44. The van der Waals surface area contributed by atoms with E-state index in [4.69, 9.17) is 5.11 Å². The summed E-state index contributed by atoms with van der Waals surface area (Å²) in [6.07, 6.45) is 7.01. The van der Waals surface area contributed by atoms with Gasteiger partial charge in [-0.1, -0.05) is 46.0 Å². The van der Waals surface area contributed by atoms with Crippen molar-refractivity contribution in [1.82, 2.24) is 0 Å². The van der Waals surface area contributed by atoms with Crippen molar-refractivity contribution >= 4 is 0 Å². The minimum atomic E-state index is 0. The molecule has 0 amide bonds. The van der Waals surface area contributed by atoms with E-state index in [0.29, 0.717) is 0 Å². The predicted octanol–water partition coefficient (Wildman–Crippen LogP) is 3.22. The molecule has 0 fully saturated rings. The largest absolute Gasteiger partial charge is 0.397 e. The van der Waals surface area contributed by atoms with Crippen molar-refractivity contribution < 1.29 is 6.53 Å². The third-order valence-corrected chi connectivity index (χ3v) is 1.21. The Balaban J connectivity index is -0.000000140. The Morgan fingerprint density at radius 3 is 1.40 bits per heavy atom. The van der Waals surface area contributed by atoms with Crippen molar-refractivity contribution in [3.8, 4) is 0 Å². The summed E-state index contributed by atoms with van der Waals surface area (Å²) in [6, 6.07) is 0. The lowest BCUT2D eigenvalue weighted by Crippen LogP contribution is -1.70. The number of aliphatic hydroxyl groups excluding tert-OH is 1. The van der Waals surface area contributed by atoms with E-state index in [-0.39, 0.29) is 8.03 Å². The molecule has 1 nitrogen and oxygen atoms in total. The Labute approximate surface area is 66.9 Å². The summed E-state index contributed by atoms with van der Waals surface area (Å²) in [5.74, 6) is 0. The molecular formula is C9H24O. The minimum absolute atomic E-state index is 0. The summed E-state index contributed by atoms with van der Waals surface area (Å²) in [7, 11) is 0. The van der Waals surface area contributed by atoms with Gasteiger partial charge in [0, 0.05) is 8.03 Å². The molecule has 66 valence electrons. The van der Waals surface area contributed by atoms with Crippen LogP contribution in [0.5, 0.6) is 0 Å². The molecule has 0 spiro atoms. The molecule has 10 heavy (non-hydrogen) atoms. The second-order valence-corrected chi connectivity index (χ2v) is 2.38. The van der Waals surface area contributed by atoms with Gasteiger partial charge in [-0.25, -0.2) is 0 Å². The molecule has 0 aliphatic carbocycles. The van der Waals surface area contributed by atoms with Gasteiger partial charge in [-0.3, -0.25) is 0 Å². The summed E-state index contributed by atoms with van der Waals surface area (Å²) in [5, 5.41) is 7.57. The molecule has 0 aromatic heterocycles. The Hall–Kier alpha value is -0.0400. The van der Waals surface area contributed by atoms with Crippen LogP contribution in [-0.4, -0.2) is 11.7 Å². The third-order valence-electron chi connectivity index (χ3n) is 1.21. The molecule has 0 unspecified atom stereocenters. The van der Waals surface area contributed by atoms with Crippen LogP contribution in [0.2, 0.25) is 0 Å². The van der Waals surface area contributed by atoms with Crippen LogP contribution in [0.1, 0.15) is 54.3 Å². The Bertz CT molecular complexity index is 36.5. The van der Waals surface area contributed by atoms with Crippen molar-refractivity contribution in [2.75, 3.05) is 6.61 Å². The molecule has 0 radical (unpaired) electrons. The van der Waals surface area contributed by atoms with E-state index in [1.807, 2.05) is 0 Å². The van der Waals surface area contributed by atoms with Crippen LogP contribution in [0, 0.1) is 0 Å². The number of rotatable bonds is 4. The molecule has 0 heterocycles. The quantitative estimate of drug-likeness (QED) is 0.607. The van der Waals surface area contributed by atoms with E-state index in [1.54, 1.807) is 6.92 Å². The molecule has 0 aliphatic heterocycles. The van der Waals surface area contributed by atoms with Gasteiger partial charge in [-0.05, 0) is 6.92 Å². The van der Waals surface area contributed by atoms with Crippen LogP contribution in [0.15, 0.2) is 0 Å². The van der Waals surface area contributed by atoms with E-state index in [9.17, 15) is 0 Å². The van der Waals surface area contributed by atoms with Gasteiger partial charge < -0.3 is 5.11 Å². The molecule has 0 atom stereocenters. The lowest BCUT2D eigenvalue weighted by Gasteiger charge is -1.90. The van der Waals surface area contributed by atoms with Crippen molar-refractivity contribution in [3.05, 3.63) is 0 Å². The first-order chi connectivity index (χ1) is 4.83. The number of hydrogen-bond donors (Lipinski definition) is 1. The molecular weight excluding hydrogens is 124 g/mol. The zero-order valence-electron chi connectivity index (χ0n) is 7.69. The van der Waals surface area contributed by atoms with Gasteiger partial charge in [-0.2, -0.15) is 0 Å². The van der Waals surface area contributed by atoms with E-state index >= 15 is 0 Å². The van der Waals surface area contributed by atoms with E-state index in [2.05, 4.69) is 13.8 Å². The Morgan fingerprint density at radius 1 is 0.900 bits per heavy atom. The lowest BCUT2D eigenvalue weighted by molar-refractivity contribution is 0.318. The summed E-state index contributed by atoms with van der Waals surface area (Å²) in [4.78, 5) is 0. The fourth-order valence-electron chi connectivity index (χ4n) is 0.677. The summed E-state index contributed by atoms with van der Waals surface area (Å²) >= 11 is 0. The first kappa shape index (κ1) is 12.6. The summed E-state index contributed by atoms with van der Waals surface area (Å²) < 4.78 is 0. The highest BCUT2D eigenvalue weighted by atomic mass is 16.2. The van der Waals surface area contributed by atoms with Crippen LogP contribution in [0.25, 0.3) is 0 Å². The molecule has 0 rings (SSSR count). The first-order valence-electron chi connectivity index (χ1n) is 4.44. The van der Waals surface area contributed by atoms with Gasteiger partial charge in [0.15, 0.2) is 0 Å². The smallest absolute Gasteiger partial charge is 0.0402 e. The van der Waals surface area contributed by atoms with Gasteiger partial charge in [0.2, 0.25) is 0 Å². The number of hydrogen-bond acceptors (Lipinski definition) is 1. The number of aliphatic hydroxyl groups is 1.